The van der Waals surface area contributed by atoms with Crippen LogP contribution in [0.3, 0.4) is 0 Å². The highest BCUT2D eigenvalue weighted by atomic mass is 32.2. The van der Waals surface area contributed by atoms with Gasteiger partial charge in [-0.05, 0) is 54.4 Å². The average Bonchev–Trinajstić information content (AvgIpc) is 2.77. The summed E-state index contributed by atoms with van der Waals surface area (Å²) >= 11 is 0. The lowest BCUT2D eigenvalue weighted by Gasteiger charge is -2.28. The van der Waals surface area contributed by atoms with Gasteiger partial charge in [-0.25, -0.2) is 18.0 Å². The number of hydrogen-bond donors (Lipinski definition) is 2. The Bertz CT molecular complexity index is 1250. The van der Waals surface area contributed by atoms with Crippen molar-refractivity contribution in [3.05, 3.63) is 89.0 Å². The number of methoxy groups -OCH3 is 1. The molecule has 0 saturated carbocycles. The largest absolute Gasteiger partial charge is 0.497 e. The Labute approximate surface area is 185 Å². The van der Waals surface area contributed by atoms with Crippen molar-refractivity contribution in [2.45, 2.75) is 18.4 Å². The van der Waals surface area contributed by atoms with Crippen molar-refractivity contribution in [3.8, 4) is 5.75 Å². The number of aromatic carboxylic acids is 2. The third-order valence-electron chi connectivity index (χ3n) is 4.84. The quantitative estimate of drug-likeness (QED) is 0.530. The summed E-state index contributed by atoms with van der Waals surface area (Å²) in [6.07, 6.45) is 0. The van der Waals surface area contributed by atoms with E-state index >= 15 is 0 Å². The first-order chi connectivity index (χ1) is 15.1. The maximum Gasteiger partial charge on any atom is 0.337 e. The van der Waals surface area contributed by atoms with Crippen LogP contribution in [0.4, 0.5) is 5.69 Å². The minimum absolute atomic E-state index is 0.0627. The van der Waals surface area contributed by atoms with Gasteiger partial charge in [-0.2, -0.15) is 0 Å². The Morgan fingerprint density at radius 1 is 0.938 bits per heavy atom. The molecular formula is C23H21NO7S. The fraction of sp³-hybridized carbons (Fsp3) is 0.130. The molecule has 0 aliphatic heterocycles. The second kappa shape index (κ2) is 9.11. The van der Waals surface area contributed by atoms with Gasteiger partial charge in [0.2, 0.25) is 0 Å². The number of nitrogens with zero attached hydrogens (tertiary/aromatic N) is 1. The van der Waals surface area contributed by atoms with Crippen molar-refractivity contribution in [3.63, 3.8) is 0 Å². The standard InChI is InChI=1S/C23H21NO7S/c1-15-12-17(22(25)26)13-20(23(27)28)21(15)24(14-16-6-4-3-5-7-16)32(29,30)19-10-8-18(31-2)9-11-19/h3-13H,14H2,1-2H3,(H,25,26)(H,27,28). The summed E-state index contributed by atoms with van der Waals surface area (Å²) in [7, 11) is -2.77. The van der Waals surface area contributed by atoms with Gasteiger partial charge in [0.25, 0.3) is 10.0 Å². The highest BCUT2D eigenvalue weighted by molar-refractivity contribution is 7.92. The monoisotopic (exact) mass is 455 g/mol. The third-order valence-corrected chi connectivity index (χ3v) is 6.60. The van der Waals surface area contributed by atoms with Gasteiger partial charge in [0.05, 0.1) is 35.4 Å². The fourth-order valence-electron chi connectivity index (χ4n) is 3.31. The van der Waals surface area contributed by atoms with E-state index in [0.717, 1.165) is 10.4 Å². The molecule has 0 amide bonds. The molecule has 0 spiro atoms. The molecular weight excluding hydrogens is 434 g/mol. The summed E-state index contributed by atoms with van der Waals surface area (Å²) in [5.74, 6) is -2.28. The van der Waals surface area contributed by atoms with Gasteiger partial charge in [0.1, 0.15) is 5.75 Å². The summed E-state index contributed by atoms with van der Waals surface area (Å²) in [5, 5.41) is 19.1. The normalized spacial score (nSPS) is 11.1. The molecule has 0 aliphatic carbocycles. The lowest BCUT2D eigenvalue weighted by Crippen LogP contribution is -2.33. The number of hydrogen-bond acceptors (Lipinski definition) is 5. The summed E-state index contributed by atoms with van der Waals surface area (Å²) in [6, 6.07) is 16.6. The first-order valence-corrected chi connectivity index (χ1v) is 10.9. The summed E-state index contributed by atoms with van der Waals surface area (Å²) in [4.78, 5) is 23.4. The van der Waals surface area contributed by atoms with E-state index in [9.17, 15) is 28.2 Å². The molecule has 8 nitrogen and oxygen atoms in total. The zero-order valence-corrected chi connectivity index (χ0v) is 18.2. The van der Waals surface area contributed by atoms with E-state index in [4.69, 9.17) is 4.74 Å². The van der Waals surface area contributed by atoms with Crippen LogP contribution in [0.5, 0.6) is 5.75 Å². The maximum atomic E-state index is 13.7. The second-order valence-corrected chi connectivity index (χ2v) is 8.83. The average molecular weight is 455 g/mol. The zero-order valence-electron chi connectivity index (χ0n) is 17.3. The lowest BCUT2D eigenvalue weighted by molar-refractivity contribution is 0.0696. The predicted molar refractivity (Wildman–Crippen MR) is 118 cm³/mol. The molecule has 0 fully saturated rings. The van der Waals surface area contributed by atoms with Crippen molar-refractivity contribution in [2.75, 3.05) is 11.4 Å². The zero-order chi connectivity index (χ0) is 23.5. The number of rotatable bonds is 8. The smallest absolute Gasteiger partial charge is 0.337 e. The van der Waals surface area contributed by atoms with Crippen LogP contribution in [0.2, 0.25) is 0 Å². The molecule has 0 aliphatic rings. The molecule has 0 unspecified atom stereocenters. The van der Waals surface area contributed by atoms with E-state index in [-0.39, 0.29) is 28.3 Å². The van der Waals surface area contributed by atoms with Crippen LogP contribution in [-0.2, 0) is 16.6 Å². The number of benzene rings is 3. The van der Waals surface area contributed by atoms with E-state index in [0.29, 0.717) is 11.3 Å². The first-order valence-electron chi connectivity index (χ1n) is 9.47. The molecule has 0 bridgehead atoms. The van der Waals surface area contributed by atoms with Gasteiger partial charge in [-0.3, -0.25) is 4.31 Å². The Balaban J connectivity index is 2.26. The topological polar surface area (TPSA) is 121 Å². The number of carbonyl (C=O) groups is 2. The van der Waals surface area contributed by atoms with E-state index in [1.165, 1.54) is 44.4 Å². The molecule has 166 valence electrons. The van der Waals surface area contributed by atoms with Crippen LogP contribution in [-0.4, -0.2) is 37.7 Å². The van der Waals surface area contributed by atoms with E-state index < -0.39 is 27.5 Å². The van der Waals surface area contributed by atoms with Crippen LogP contribution < -0.4 is 9.04 Å². The molecule has 9 heteroatoms. The summed E-state index contributed by atoms with van der Waals surface area (Å²) < 4.78 is 33.4. The third kappa shape index (κ3) is 4.57. The minimum Gasteiger partial charge on any atom is -0.497 e. The molecule has 0 radical (unpaired) electrons. The van der Waals surface area contributed by atoms with Crippen LogP contribution in [0.15, 0.2) is 71.6 Å². The van der Waals surface area contributed by atoms with E-state index in [1.807, 2.05) is 0 Å². The first kappa shape index (κ1) is 22.8. The number of anilines is 1. The van der Waals surface area contributed by atoms with Crippen molar-refractivity contribution in [1.29, 1.82) is 0 Å². The Morgan fingerprint density at radius 2 is 1.56 bits per heavy atom. The van der Waals surface area contributed by atoms with Gasteiger partial charge in [0, 0.05) is 0 Å². The molecule has 3 aromatic rings. The van der Waals surface area contributed by atoms with Gasteiger partial charge in [-0.15, -0.1) is 0 Å². The molecule has 0 saturated heterocycles. The molecule has 0 atom stereocenters. The van der Waals surface area contributed by atoms with Crippen LogP contribution in [0, 0.1) is 6.92 Å². The van der Waals surface area contributed by atoms with Crippen LogP contribution >= 0.6 is 0 Å². The van der Waals surface area contributed by atoms with Gasteiger partial charge >= 0.3 is 11.9 Å². The van der Waals surface area contributed by atoms with Gasteiger partial charge < -0.3 is 14.9 Å². The number of carboxylic acids is 2. The molecule has 0 heterocycles. The highest BCUT2D eigenvalue weighted by Gasteiger charge is 2.31. The predicted octanol–water partition coefficient (Wildman–Crippen LogP) is 3.80. The number of aryl methyl sites for hydroxylation is 1. The van der Waals surface area contributed by atoms with E-state index in [2.05, 4.69) is 0 Å². The molecule has 3 rings (SSSR count). The fourth-order valence-corrected chi connectivity index (χ4v) is 4.84. The number of ether oxygens (including phenoxy) is 1. The van der Waals surface area contributed by atoms with Crippen molar-refractivity contribution >= 4 is 27.6 Å². The molecule has 2 N–H and O–H groups in total. The van der Waals surface area contributed by atoms with Crippen molar-refractivity contribution in [1.82, 2.24) is 0 Å². The second-order valence-electron chi connectivity index (χ2n) is 6.97. The SMILES string of the molecule is COc1ccc(S(=O)(=O)N(Cc2ccccc2)c2c(C)cc(C(=O)O)cc2C(=O)O)cc1. The van der Waals surface area contributed by atoms with Gasteiger partial charge in [0.15, 0.2) is 0 Å². The molecule has 3 aromatic carbocycles. The van der Waals surface area contributed by atoms with Crippen molar-refractivity contribution < 1.29 is 33.0 Å². The van der Waals surface area contributed by atoms with Gasteiger partial charge in [-0.1, -0.05) is 30.3 Å². The van der Waals surface area contributed by atoms with Crippen LogP contribution in [0.25, 0.3) is 0 Å². The summed E-state index contributed by atoms with van der Waals surface area (Å²) in [6.45, 7) is 1.33. The van der Waals surface area contributed by atoms with E-state index in [1.54, 1.807) is 30.3 Å². The highest BCUT2D eigenvalue weighted by Crippen LogP contribution is 2.34. The summed E-state index contributed by atoms with van der Waals surface area (Å²) in [5.41, 5.74) is 0.0701. The lowest BCUT2D eigenvalue weighted by atomic mass is 10.0. The minimum atomic E-state index is -4.22. The Kier molecular flexibility index (Phi) is 6.50. The molecule has 32 heavy (non-hydrogen) atoms. The Morgan fingerprint density at radius 3 is 2.09 bits per heavy atom. The van der Waals surface area contributed by atoms with Crippen LogP contribution in [0.1, 0.15) is 31.8 Å². The maximum absolute atomic E-state index is 13.7. The van der Waals surface area contributed by atoms with Crippen molar-refractivity contribution in [2.24, 2.45) is 0 Å². The number of sulfonamides is 1. The number of carboxylic acid groups (broad SMARTS) is 2. The Hall–Kier alpha value is -3.85. The molecule has 0 aromatic heterocycles.